The van der Waals surface area contributed by atoms with Crippen LogP contribution in [0.15, 0.2) is 30.5 Å². The Bertz CT molecular complexity index is 623. The number of aromatic hydroxyl groups is 1. The molecule has 1 aromatic heterocycles. The zero-order chi connectivity index (χ0) is 14.1. The molecule has 1 atom stereocenters. The van der Waals surface area contributed by atoms with Gasteiger partial charge in [-0.05, 0) is 43.0 Å². The smallest absolute Gasteiger partial charge is 0.152 e. The van der Waals surface area contributed by atoms with Crippen LogP contribution in [0.1, 0.15) is 30.1 Å². The van der Waals surface area contributed by atoms with Crippen molar-refractivity contribution < 1.29 is 5.11 Å². The van der Waals surface area contributed by atoms with Gasteiger partial charge < -0.3 is 10.4 Å². The summed E-state index contributed by atoms with van der Waals surface area (Å²) in [5, 5.41) is 13.5. The van der Waals surface area contributed by atoms with Gasteiger partial charge in [-0.3, -0.25) is 4.98 Å². The Morgan fingerprint density at radius 3 is 2.75 bits per heavy atom. The molecule has 3 nitrogen and oxygen atoms in total. The molecule has 20 heavy (non-hydrogen) atoms. The van der Waals surface area contributed by atoms with Crippen molar-refractivity contribution in [2.45, 2.75) is 25.3 Å². The van der Waals surface area contributed by atoms with Gasteiger partial charge >= 0.3 is 0 Å². The topological polar surface area (TPSA) is 45.1 Å². The summed E-state index contributed by atoms with van der Waals surface area (Å²) in [6, 6.07) is 7.60. The largest absolute Gasteiger partial charge is 0.505 e. The quantitative estimate of drug-likeness (QED) is 0.798. The summed E-state index contributed by atoms with van der Waals surface area (Å²) in [4.78, 5) is 4.48. The number of anilines is 1. The van der Waals surface area contributed by atoms with E-state index < -0.39 is 0 Å². The highest BCUT2D eigenvalue weighted by Crippen LogP contribution is 2.37. The predicted octanol–water partition coefficient (Wildman–Crippen LogP) is 4.58. The highest BCUT2D eigenvalue weighted by Gasteiger charge is 2.21. The molecule has 3 rings (SSSR count). The van der Waals surface area contributed by atoms with Crippen molar-refractivity contribution in [3.05, 3.63) is 51.8 Å². The van der Waals surface area contributed by atoms with E-state index in [0.717, 1.165) is 30.6 Å². The molecule has 2 N–H and O–H groups in total. The number of fused-ring (bicyclic) bond motifs is 1. The summed E-state index contributed by atoms with van der Waals surface area (Å²) >= 11 is 11.9. The van der Waals surface area contributed by atoms with Gasteiger partial charge in [0.25, 0.3) is 0 Å². The molecule has 0 spiro atoms. The number of nitrogens with one attached hydrogen (secondary N) is 1. The van der Waals surface area contributed by atoms with E-state index in [1.54, 1.807) is 12.1 Å². The summed E-state index contributed by atoms with van der Waals surface area (Å²) in [5.41, 5.74) is 3.16. The number of phenolic OH excluding ortho intramolecular Hbond substituents is 1. The molecule has 0 fully saturated rings. The van der Waals surface area contributed by atoms with Gasteiger partial charge in [0.2, 0.25) is 0 Å². The van der Waals surface area contributed by atoms with Gasteiger partial charge in [-0.25, -0.2) is 0 Å². The summed E-state index contributed by atoms with van der Waals surface area (Å²) in [5.74, 6) is -0.0824. The van der Waals surface area contributed by atoms with Crippen molar-refractivity contribution in [2.24, 2.45) is 0 Å². The number of pyridine rings is 1. The molecule has 1 aromatic carbocycles. The lowest BCUT2D eigenvalue weighted by Crippen LogP contribution is -2.18. The van der Waals surface area contributed by atoms with Crippen LogP contribution in [0, 0.1) is 0 Å². The molecule has 0 saturated heterocycles. The van der Waals surface area contributed by atoms with Crippen LogP contribution >= 0.6 is 23.2 Å². The van der Waals surface area contributed by atoms with Crippen LogP contribution in [0.25, 0.3) is 0 Å². The summed E-state index contributed by atoms with van der Waals surface area (Å²) in [7, 11) is 0. The summed E-state index contributed by atoms with van der Waals surface area (Å²) < 4.78 is 0. The van der Waals surface area contributed by atoms with E-state index in [4.69, 9.17) is 23.2 Å². The van der Waals surface area contributed by atoms with E-state index in [2.05, 4.69) is 16.4 Å². The van der Waals surface area contributed by atoms with Crippen LogP contribution in [-0.4, -0.2) is 10.1 Å². The van der Waals surface area contributed by atoms with Crippen LogP contribution in [0.3, 0.4) is 0 Å². The van der Waals surface area contributed by atoms with E-state index in [9.17, 15) is 5.11 Å². The number of benzene rings is 1. The van der Waals surface area contributed by atoms with Gasteiger partial charge in [0.15, 0.2) is 5.75 Å². The SMILES string of the molecule is Oc1c(Cl)cc(NC2CCCc3cccnc32)cc1Cl. The minimum atomic E-state index is -0.0824. The molecule has 1 aliphatic rings. The molecule has 1 aliphatic carbocycles. The number of rotatable bonds is 2. The van der Waals surface area contributed by atoms with Gasteiger partial charge in [-0.15, -0.1) is 0 Å². The number of aromatic nitrogens is 1. The van der Waals surface area contributed by atoms with Gasteiger partial charge in [-0.2, -0.15) is 0 Å². The third-order valence-electron chi connectivity index (χ3n) is 3.55. The fourth-order valence-corrected chi connectivity index (χ4v) is 3.09. The Balaban J connectivity index is 1.89. The Morgan fingerprint density at radius 1 is 1.25 bits per heavy atom. The van der Waals surface area contributed by atoms with Crippen LogP contribution in [0.4, 0.5) is 5.69 Å². The fraction of sp³-hybridized carbons (Fsp3) is 0.267. The summed E-state index contributed by atoms with van der Waals surface area (Å²) in [6.07, 6.45) is 5.02. The van der Waals surface area contributed by atoms with E-state index >= 15 is 0 Å². The second kappa shape index (κ2) is 5.51. The molecular formula is C15H14Cl2N2O. The number of hydrogen-bond acceptors (Lipinski definition) is 3. The molecule has 0 bridgehead atoms. The lowest BCUT2D eigenvalue weighted by molar-refractivity contribution is 0.476. The van der Waals surface area contributed by atoms with Crippen molar-refractivity contribution in [1.82, 2.24) is 4.98 Å². The van der Waals surface area contributed by atoms with Crippen molar-refractivity contribution in [1.29, 1.82) is 0 Å². The van der Waals surface area contributed by atoms with Gasteiger partial charge in [-0.1, -0.05) is 29.3 Å². The van der Waals surface area contributed by atoms with Gasteiger partial charge in [0, 0.05) is 11.9 Å². The van der Waals surface area contributed by atoms with Gasteiger partial charge in [0.1, 0.15) is 0 Å². The van der Waals surface area contributed by atoms with E-state index in [-0.39, 0.29) is 21.8 Å². The molecular weight excluding hydrogens is 295 g/mol. The molecule has 1 heterocycles. The second-order valence-corrected chi connectivity index (χ2v) is 5.74. The van der Waals surface area contributed by atoms with Crippen LogP contribution in [-0.2, 0) is 6.42 Å². The van der Waals surface area contributed by atoms with E-state index in [0.29, 0.717) is 0 Å². The van der Waals surface area contributed by atoms with Crippen molar-refractivity contribution in [3.63, 3.8) is 0 Å². The maximum absolute atomic E-state index is 9.59. The molecule has 0 radical (unpaired) electrons. The zero-order valence-corrected chi connectivity index (χ0v) is 12.2. The first-order chi connectivity index (χ1) is 9.65. The fourth-order valence-electron chi connectivity index (χ4n) is 2.60. The molecule has 0 saturated carbocycles. The van der Waals surface area contributed by atoms with E-state index in [1.165, 1.54) is 5.56 Å². The molecule has 0 amide bonds. The number of nitrogens with zero attached hydrogens (tertiary/aromatic N) is 1. The Hall–Kier alpha value is -1.45. The van der Waals surface area contributed by atoms with E-state index in [1.807, 2.05) is 12.3 Å². The first kappa shape index (κ1) is 13.5. The Morgan fingerprint density at radius 2 is 2.00 bits per heavy atom. The number of hydrogen-bond donors (Lipinski definition) is 2. The van der Waals surface area contributed by atoms with Crippen LogP contribution < -0.4 is 5.32 Å². The second-order valence-electron chi connectivity index (χ2n) is 4.93. The van der Waals surface area contributed by atoms with Crippen LogP contribution in [0.2, 0.25) is 10.0 Å². The Labute approximate surface area is 127 Å². The highest BCUT2D eigenvalue weighted by atomic mass is 35.5. The first-order valence-corrected chi connectivity index (χ1v) is 7.29. The minimum Gasteiger partial charge on any atom is -0.505 e. The molecule has 1 unspecified atom stereocenters. The highest BCUT2D eigenvalue weighted by molar-refractivity contribution is 6.37. The Kier molecular flexibility index (Phi) is 3.72. The number of halogens is 2. The summed E-state index contributed by atoms with van der Waals surface area (Å²) in [6.45, 7) is 0. The predicted molar refractivity (Wildman–Crippen MR) is 81.7 cm³/mol. The third kappa shape index (κ3) is 2.56. The molecule has 2 aromatic rings. The maximum Gasteiger partial charge on any atom is 0.152 e. The van der Waals surface area contributed by atoms with Gasteiger partial charge in [0.05, 0.1) is 21.8 Å². The maximum atomic E-state index is 9.59. The minimum absolute atomic E-state index is 0.0824. The zero-order valence-electron chi connectivity index (χ0n) is 10.7. The lowest BCUT2D eigenvalue weighted by atomic mass is 9.92. The lowest BCUT2D eigenvalue weighted by Gasteiger charge is -2.26. The molecule has 104 valence electrons. The number of aryl methyl sites for hydroxylation is 1. The normalized spacial score (nSPS) is 17.6. The first-order valence-electron chi connectivity index (χ1n) is 6.53. The van der Waals surface area contributed by atoms with Crippen molar-refractivity contribution in [3.8, 4) is 5.75 Å². The standard InChI is InChI=1S/C15H14Cl2N2O/c16-11-7-10(8-12(17)15(11)20)19-13-5-1-3-9-4-2-6-18-14(9)13/h2,4,6-8,13,19-20H,1,3,5H2. The third-order valence-corrected chi connectivity index (χ3v) is 4.13. The van der Waals surface area contributed by atoms with Crippen molar-refractivity contribution >= 4 is 28.9 Å². The van der Waals surface area contributed by atoms with Crippen LogP contribution in [0.5, 0.6) is 5.75 Å². The average molecular weight is 309 g/mol. The number of phenols is 1. The van der Waals surface area contributed by atoms with Crippen molar-refractivity contribution in [2.75, 3.05) is 5.32 Å². The molecule has 0 aliphatic heterocycles. The average Bonchev–Trinajstić information content (AvgIpc) is 2.45. The monoisotopic (exact) mass is 308 g/mol. The molecule has 5 heteroatoms.